The highest BCUT2D eigenvalue weighted by molar-refractivity contribution is 6.31. The van der Waals surface area contributed by atoms with Crippen molar-refractivity contribution in [1.82, 2.24) is 23.8 Å². The molecule has 1 atom stereocenters. The van der Waals surface area contributed by atoms with Crippen LogP contribution in [0.3, 0.4) is 0 Å². The standard InChI is InChI=1S/C26H20Cl2FN7O3/c27-16-3-6-34-19(10-16)31-12-21(34)36-24(38)22(15-1-2-18(29)17(28)9-15)23(35(8-5-30)25(36)39)33-7-4-26(14-33)11-20(37)32-13-26/h1-3,6,9-10,12H,4,7-8,11,13-14H2,(H,32,37). The van der Waals surface area contributed by atoms with Crippen molar-refractivity contribution in [2.24, 2.45) is 5.41 Å². The first-order chi connectivity index (χ1) is 18.7. The fraction of sp³-hybridized carbons (Fsp3) is 0.269. The zero-order chi connectivity index (χ0) is 27.5. The predicted octanol–water partition coefficient (Wildman–Crippen LogP) is 3.00. The van der Waals surface area contributed by atoms with E-state index < -0.39 is 17.1 Å². The molecule has 39 heavy (non-hydrogen) atoms. The van der Waals surface area contributed by atoms with E-state index in [2.05, 4.69) is 10.3 Å². The van der Waals surface area contributed by atoms with Gasteiger partial charge in [0.15, 0.2) is 0 Å². The topological polar surface area (TPSA) is 117 Å². The quantitative estimate of drug-likeness (QED) is 0.405. The Balaban J connectivity index is 1.65. The lowest BCUT2D eigenvalue weighted by atomic mass is 9.86. The molecule has 1 spiro atoms. The molecule has 198 valence electrons. The van der Waals surface area contributed by atoms with Crippen LogP contribution in [0.1, 0.15) is 12.8 Å². The molecule has 1 N–H and O–H groups in total. The molecule has 0 radical (unpaired) electrons. The number of halogens is 3. The molecule has 0 aliphatic carbocycles. The van der Waals surface area contributed by atoms with Crippen LogP contribution in [0.15, 0.2) is 52.3 Å². The third-order valence-electron chi connectivity index (χ3n) is 7.37. The minimum absolute atomic E-state index is 0.0556. The van der Waals surface area contributed by atoms with Gasteiger partial charge >= 0.3 is 5.69 Å². The smallest absolute Gasteiger partial charge is 0.339 e. The highest BCUT2D eigenvalue weighted by Crippen LogP contribution is 2.41. The molecule has 3 aromatic heterocycles. The molecule has 2 saturated heterocycles. The summed E-state index contributed by atoms with van der Waals surface area (Å²) >= 11 is 12.2. The van der Waals surface area contributed by atoms with Crippen LogP contribution in [0, 0.1) is 22.6 Å². The van der Waals surface area contributed by atoms with E-state index in [1.165, 1.54) is 27.3 Å². The minimum atomic E-state index is -0.744. The average molecular weight is 568 g/mol. The summed E-state index contributed by atoms with van der Waals surface area (Å²) in [5, 5.41) is 12.8. The van der Waals surface area contributed by atoms with Gasteiger partial charge in [0, 0.05) is 48.8 Å². The highest BCUT2D eigenvalue weighted by atomic mass is 35.5. The zero-order valence-corrected chi connectivity index (χ0v) is 21.8. The van der Waals surface area contributed by atoms with E-state index >= 15 is 0 Å². The van der Waals surface area contributed by atoms with Gasteiger partial charge in [0.1, 0.15) is 29.6 Å². The first-order valence-electron chi connectivity index (χ1n) is 12.1. The highest BCUT2D eigenvalue weighted by Gasteiger charge is 2.45. The van der Waals surface area contributed by atoms with E-state index in [0.29, 0.717) is 43.1 Å². The van der Waals surface area contributed by atoms with Crippen molar-refractivity contribution in [2.45, 2.75) is 19.4 Å². The molecular weight excluding hydrogens is 548 g/mol. The number of hydrogen-bond donors (Lipinski definition) is 1. The molecule has 10 nitrogen and oxygen atoms in total. The third kappa shape index (κ3) is 4.07. The molecule has 1 aromatic carbocycles. The van der Waals surface area contributed by atoms with Crippen molar-refractivity contribution in [3.8, 4) is 23.0 Å². The molecule has 13 heteroatoms. The van der Waals surface area contributed by atoms with Crippen LogP contribution in [0.5, 0.6) is 0 Å². The van der Waals surface area contributed by atoms with Crippen LogP contribution in [0.2, 0.25) is 10.0 Å². The normalized spacial score (nSPS) is 18.7. The van der Waals surface area contributed by atoms with E-state index in [-0.39, 0.29) is 45.7 Å². The molecule has 5 heterocycles. The number of imidazole rings is 1. The summed E-state index contributed by atoms with van der Waals surface area (Å²) in [7, 11) is 0. The van der Waals surface area contributed by atoms with Gasteiger partial charge in [0.05, 0.1) is 22.9 Å². The van der Waals surface area contributed by atoms with Gasteiger partial charge in [0.2, 0.25) is 5.91 Å². The fourth-order valence-electron chi connectivity index (χ4n) is 5.55. The molecule has 1 amide bonds. The molecule has 2 aliphatic rings. The van der Waals surface area contributed by atoms with E-state index in [0.717, 1.165) is 10.6 Å². The van der Waals surface area contributed by atoms with Gasteiger partial charge in [-0.25, -0.2) is 18.7 Å². The SMILES string of the molecule is N#CCn1c(N2CCC3(CNC(=O)C3)C2)c(-c2ccc(F)c(Cl)c2)c(=O)n(-c2cnc3cc(Cl)ccn23)c1=O. The summed E-state index contributed by atoms with van der Waals surface area (Å²) in [5.74, 6) is -0.353. The van der Waals surface area contributed by atoms with Gasteiger partial charge in [-0.15, -0.1) is 0 Å². The summed E-state index contributed by atoms with van der Waals surface area (Å²) in [6.45, 7) is 0.943. The summed E-state index contributed by atoms with van der Waals surface area (Å²) in [4.78, 5) is 46.4. The molecule has 1 unspecified atom stereocenters. The number of fused-ring (bicyclic) bond motifs is 1. The number of anilines is 1. The number of rotatable bonds is 4. The third-order valence-corrected chi connectivity index (χ3v) is 7.90. The largest absolute Gasteiger partial charge is 0.357 e. The summed E-state index contributed by atoms with van der Waals surface area (Å²) in [6.07, 6.45) is 3.92. The molecule has 6 rings (SSSR count). The van der Waals surface area contributed by atoms with Gasteiger partial charge in [0.25, 0.3) is 5.56 Å². The monoisotopic (exact) mass is 567 g/mol. The van der Waals surface area contributed by atoms with E-state index in [1.807, 2.05) is 11.0 Å². The lowest BCUT2D eigenvalue weighted by Crippen LogP contribution is -2.44. The Hall–Kier alpha value is -4.14. The second-order valence-corrected chi connectivity index (χ2v) is 10.7. The maximum Gasteiger partial charge on any atom is 0.339 e. The van der Waals surface area contributed by atoms with Crippen molar-refractivity contribution < 1.29 is 9.18 Å². The van der Waals surface area contributed by atoms with E-state index in [1.54, 1.807) is 18.3 Å². The number of carbonyl (C=O) groups excluding carboxylic acids is 1. The Labute approximate surface area is 230 Å². The van der Waals surface area contributed by atoms with Gasteiger partial charge in [-0.3, -0.25) is 18.6 Å². The van der Waals surface area contributed by atoms with E-state index in [4.69, 9.17) is 23.2 Å². The second-order valence-electron chi connectivity index (χ2n) is 9.81. The number of nitrogens with zero attached hydrogens (tertiary/aromatic N) is 6. The second kappa shape index (κ2) is 9.25. The number of nitriles is 1. The number of benzene rings is 1. The first-order valence-corrected chi connectivity index (χ1v) is 12.8. The molecule has 0 saturated carbocycles. The Kier molecular flexibility index (Phi) is 5.97. The maximum atomic E-state index is 14.3. The maximum absolute atomic E-state index is 14.3. The number of carbonyl (C=O) groups is 1. The predicted molar refractivity (Wildman–Crippen MR) is 143 cm³/mol. The molecule has 4 aromatic rings. The zero-order valence-electron chi connectivity index (χ0n) is 20.3. The molecular formula is C26H20Cl2FN7O3. The lowest BCUT2D eigenvalue weighted by molar-refractivity contribution is -0.119. The van der Waals surface area contributed by atoms with Crippen LogP contribution in [0.4, 0.5) is 10.2 Å². The van der Waals surface area contributed by atoms with Gasteiger partial charge < -0.3 is 10.2 Å². The Morgan fingerprint density at radius 1 is 1.18 bits per heavy atom. The van der Waals surface area contributed by atoms with Crippen LogP contribution >= 0.6 is 23.2 Å². The number of pyridine rings is 1. The van der Waals surface area contributed by atoms with Crippen LogP contribution < -0.4 is 21.5 Å². The molecule has 2 aliphatic heterocycles. The number of nitrogens with one attached hydrogen (secondary N) is 1. The van der Waals surface area contributed by atoms with E-state index in [9.17, 15) is 24.0 Å². The van der Waals surface area contributed by atoms with Crippen molar-refractivity contribution in [3.63, 3.8) is 0 Å². The van der Waals surface area contributed by atoms with Crippen molar-refractivity contribution in [1.29, 1.82) is 5.26 Å². The average Bonchev–Trinajstić information content (AvgIpc) is 3.61. The fourth-order valence-corrected chi connectivity index (χ4v) is 5.89. The van der Waals surface area contributed by atoms with Crippen LogP contribution in [-0.4, -0.2) is 44.1 Å². The van der Waals surface area contributed by atoms with Gasteiger partial charge in [-0.05, 0) is 30.2 Å². The first kappa shape index (κ1) is 25.2. The van der Waals surface area contributed by atoms with Crippen LogP contribution in [-0.2, 0) is 11.3 Å². The Morgan fingerprint density at radius 3 is 2.72 bits per heavy atom. The summed E-state index contributed by atoms with van der Waals surface area (Å²) < 4.78 is 17.8. The van der Waals surface area contributed by atoms with Crippen LogP contribution in [0.25, 0.3) is 22.6 Å². The Morgan fingerprint density at radius 2 is 2.00 bits per heavy atom. The number of amides is 1. The van der Waals surface area contributed by atoms with Gasteiger partial charge in [-0.2, -0.15) is 5.26 Å². The number of aromatic nitrogens is 4. The summed E-state index contributed by atoms with van der Waals surface area (Å²) in [5.41, 5.74) is -1.04. The van der Waals surface area contributed by atoms with Crippen molar-refractivity contribution in [2.75, 3.05) is 24.5 Å². The molecule has 0 bridgehead atoms. The number of hydrogen-bond acceptors (Lipinski definition) is 6. The van der Waals surface area contributed by atoms with Crippen molar-refractivity contribution in [3.05, 3.63) is 79.4 Å². The molecule has 2 fully saturated rings. The minimum Gasteiger partial charge on any atom is -0.357 e. The lowest BCUT2D eigenvalue weighted by Gasteiger charge is -2.28. The Bertz CT molecular complexity index is 1840. The van der Waals surface area contributed by atoms with Gasteiger partial charge in [-0.1, -0.05) is 29.3 Å². The van der Waals surface area contributed by atoms with Crippen molar-refractivity contribution >= 4 is 40.6 Å². The summed E-state index contributed by atoms with van der Waals surface area (Å²) in [6, 6.07) is 9.07.